The lowest BCUT2D eigenvalue weighted by Gasteiger charge is -2.23. The molecule has 2 amide bonds. The Morgan fingerprint density at radius 1 is 1.25 bits per heavy atom. The first-order valence-corrected chi connectivity index (χ1v) is 8.41. The first-order chi connectivity index (χ1) is 9.74. The van der Waals surface area contributed by atoms with Crippen molar-refractivity contribution in [2.75, 3.05) is 17.6 Å². The molecule has 1 saturated heterocycles. The molecule has 5 heteroatoms. The quantitative estimate of drug-likeness (QED) is 0.895. The largest absolute Gasteiger partial charge is 0.323 e. The van der Waals surface area contributed by atoms with Gasteiger partial charge in [0.2, 0.25) is 0 Å². The standard InChI is InChI=1S/C15H16N2OS2/c1-11-7-8-13(20-11)14-17(9-10-19-14)15(18)16-12-5-3-2-4-6-12/h2-8,14H,9-10H2,1H3,(H,16,18)/t14-/m1/s1. The SMILES string of the molecule is Cc1ccc([C@H]2SCCN2C(=O)Nc2ccccc2)s1. The molecule has 0 saturated carbocycles. The van der Waals surface area contributed by atoms with Gasteiger partial charge in [0, 0.05) is 27.7 Å². The van der Waals surface area contributed by atoms with E-state index in [4.69, 9.17) is 0 Å². The van der Waals surface area contributed by atoms with Crippen LogP contribution in [0.25, 0.3) is 0 Å². The Labute approximate surface area is 127 Å². The zero-order valence-electron chi connectivity index (χ0n) is 11.2. The molecule has 3 nitrogen and oxygen atoms in total. The molecule has 0 aliphatic carbocycles. The molecule has 1 atom stereocenters. The molecule has 20 heavy (non-hydrogen) atoms. The fourth-order valence-electron chi connectivity index (χ4n) is 2.22. The number of nitrogens with one attached hydrogen (secondary N) is 1. The van der Waals surface area contributed by atoms with Gasteiger partial charge in [0.05, 0.1) is 0 Å². The van der Waals surface area contributed by atoms with Gasteiger partial charge in [0.1, 0.15) is 5.37 Å². The number of aryl methyl sites for hydroxylation is 1. The van der Waals surface area contributed by atoms with Crippen LogP contribution in [-0.2, 0) is 0 Å². The number of thiophene rings is 1. The fourth-order valence-corrected chi connectivity index (χ4v) is 4.59. The highest BCUT2D eigenvalue weighted by Crippen LogP contribution is 2.41. The summed E-state index contributed by atoms with van der Waals surface area (Å²) in [7, 11) is 0. The maximum absolute atomic E-state index is 12.4. The van der Waals surface area contributed by atoms with Crippen molar-refractivity contribution in [3.8, 4) is 0 Å². The molecular formula is C15H16N2OS2. The average molecular weight is 304 g/mol. The van der Waals surface area contributed by atoms with Crippen molar-refractivity contribution >= 4 is 34.8 Å². The molecule has 1 aliphatic rings. The summed E-state index contributed by atoms with van der Waals surface area (Å²) in [5.74, 6) is 0.990. The van der Waals surface area contributed by atoms with Crippen LogP contribution in [0.4, 0.5) is 10.5 Å². The molecule has 1 aromatic carbocycles. The van der Waals surface area contributed by atoms with Gasteiger partial charge in [-0.2, -0.15) is 0 Å². The summed E-state index contributed by atoms with van der Waals surface area (Å²) < 4.78 is 0. The van der Waals surface area contributed by atoms with Crippen LogP contribution in [0.3, 0.4) is 0 Å². The highest BCUT2D eigenvalue weighted by Gasteiger charge is 2.31. The first-order valence-electron chi connectivity index (χ1n) is 6.54. The molecule has 1 aliphatic heterocycles. The van der Waals surface area contributed by atoms with E-state index >= 15 is 0 Å². The van der Waals surface area contributed by atoms with Crippen LogP contribution >= 0.6 is 23.1 Å². The number of anilines is 1. The van der Waals surface area contributed by atoms with E-state index < -0.39 is 0 Å². The summed E-state index contributed by atoms with van der Waals surface area (Å²) in [4.78, 5) is 16.9. The highest BCUT2D eigenvalue weighted by atomic mass is 32.2. The number of amides is 2. The number of nitrogens with zero attached hydrogens (tertiary/aromatic N) is 1. The van der Waals surface area contributed by atoms with Crippen molar-refractivity contribution < 1.29 is 4.79 Å². The number of hydrogen-bond acceptors (Lipinski definition) is 3. The van der Waals surface area contributed by atoms with E-state index in [9.17, 15) is 4.79 Å². The molecule has 0 spiro atoms. The van der Waals surface area contributed by atoms with Crippen LogP contribution in [0.1, 0.15) is 15.1 Å². The summed E-state index contributed by atoms with van der Waals surface area (Å²) >= 11 is 3.60. The number of rotatable bonds is 2. The van der Waals surface area contributed by atoms with Gasteiger partial charge in [-0.15, -0.1) is 23.1 Å². The number of para-hydroxylation sites is 1. The normalized spacial score (nSPS) is 18.2. The van der Waals surface area contributed by atoms with E-state index in [1.165, 1.54) is 9.75 Å². The van der Waals surface area contributed by atoms with Gasteiger partial charge >= 0.3 is 6.03 Å². The number of thioether (sulfide) groups is 1. The highest BCUT2D eigenvalue weighted by molar-refractivity contribution is 7.99. The molecule has 3 rings (SSSR count). The predicted molar refractivity (Wildman–Crippen MR) is 86.4 cm³/mol. The van der Waals surface area contributed by atoms with E-state index in [1.807, 2.05) is 47.0 Å². The smallest absolute Gasteiger partial charge is 0.308 e. The van der Waals surface area contributed by atoms with Crippen molar-refractivity contribution in [1.82, 2.24) is 4.90 Å². The Morgan fingerprint density at radius 3 is 2.75 bits per heavy atom. The second-order valence-electron chi connectivity index (χ2n) is 4.66. The molecule has 1 aromatic heterocycles. The lowest BCUT2D eigenvalue weighted by atomic mass is 10.3. The number of carbonyl (C=O) groups excluding carboxylic acids is 1. The Balaban J connectivity index is 1.73. The fraction of sp³-hybridized carbons (Fsp3) is 0.267. The maximum atomic E-state index is 12.4. The summed E-state index contributed by atoms with van der Waals surface area (Å²) in [5, 5.41) is 3.12. The third-order valence-electron chi connectivity index (χ3n) is 3.18. The summed E-state index contributed by atoms with van der Waals surface area (Å²) in [6.45, 7) is 2.90. The van der Waals surface area contributed by atoms with Crippen LogP contribution in [0.5, 0.6) is 0 Å². The summed E-state index contributed by atoms with van der Waals surface area (Å²) in [5.41, 5.74) is 0.843. The van der Waals surface area contributed by atoms with Gasteiger partial charge < -0.3 is 10.2 Å². The lowest BCUT2D eigenvalue weighted by molar-refractivity contribution is 0.215. The zero-order valence-corrected chi connectivity index (χ0v) is 12.8. The zero-order chi connectivity index (χ0) is 13.9. The van der Waals surface area contributed by atoms with E-state index in [1.54, 1.807) is 11.3 Å². The summed E-state index contributed by atoms with van der Waals surface area (Å²) in [6.07, 6.45) is 0. The van der Waals surface area contributed by atoms with Gasteiger partial charge in [0.25, 0.3) is 0 Å². The minimum absolute atomic E-state index is 0.0164. The lowest BCUT2D eigenvalue weighted by Crippen LogP contribution is -2.34. The van der Waals surface area contributed by atoms with Gasteiger partial charge in [-0.25, -0.2) is 4.79 Å². The van der Waals surface area contributed by atoms with Crippen molar-refractivity contribution in [3.05, 3.63) is 52.2 Å². The molecule has 104 valence electrons. The van der Waals surface area contributed by atoms with Crippen molar-refractivity contribution in [2.24, 2.45) is 0 Å². The van der Waals surface area contributed by atoms with Crippen molar-refractivity contribution in [3.63, 3.8) is 0 Å². The van der Waals surface area contributed by atoms with E-state index in [2.05, 4.69) is 24.4 Å². The Kier molecular flexibility index (Phi) is 3.98. The number of benzene rings is 1. The number of carbonyl (C=O) groups is 1. The van der Waals surface area contributed by atoms with Gasteiger partial charge in [-0.05, 0) is 31.2 Å². The van der Waals surface area contributed by atoms with Crippen molar-refractivity contribution in [2.45, 2.75) is 12.3 Å². The van der Waals surface area contributed by atoms with Crippen LogP contribution in [0.15, 0.2) is 42.5 Å². The molecule has 2 heterocycles. The van der Waals surface area contributed by atoms with Crippen LogP contribution in [-0.4, -0.2) is 23.2 Å². The average Bonchev–Trinajstić information content (AvgIpc) is 3.08. The molecule has 0 bridgehead atoms. The second kappa shape index (κ2) is 5.89. The molecule has 0 unspecified atom stereocenters. The minimum Gasteiger partial charge on any atom is -0.308 e. The third kappa shape index (κ3) is 2.83. The molecule has 2 aromatic rings. The van der Waals surface area contributed by atoms with E-state index in [0.29, 0.717) is 0 Å². The summed E-state index contributed by atoms with van der Waals surface area (Å²) in [6, 6.07) is 13.8. The van der Waals surface area contributed by atoms with Crippen LogP contribution < -0.4 is 5.32 Å². The van der Waals surface area contributed by atoms with Gasteiger partial charge in [-0.1, -0.05) is 18.2 Å². The van der Waals surface area contributed by atoms with Crippen LogP contribution in [0.2, 0.25) is 0 Å². The predicted octanol–water partition coefficient (Wildman–Crippen LogP) is 4.34. The molecule has 1 N–H and O–H groups in total. The Bertz CT molecular complexity index is 597. The Morgan fingerprint density at radius 2 is 2.05 bits per heavy atom. The topological polar surface area (TPSA) is 32.3 Å². The minimum atomic E-state index is -0.0164. The molecule has 0 radical (unpaired) electrons. The van der Waals surface area contributed by atoms with Gasteiger partial charge in [0.15, 0.2) is 0 Å². The number of hydrogen-bond donors (Lipinski definition) is 1. The molecular weight excluding hydrogens is 288 g/mol. The Hall–Kier alpha value is -1.46. The van der Waals surface area contributed by atoms with Crippen LogP contribution in [0, 0.1) is 6.92 Å². The second-order valence-corrected chi connectivity index (χ2v) is 7.17. The van der Waals surface area contributed by atoms with Crippen molar-refractivity contribution in [1.29, 1.82) is 0 Å². The van der Waals surface area contributed by atoms with Gasteiger partial charge in [-0.3, -0.25) is 0 Å². The maximum Gasteiger partial charge on any atom is 0.323 e. The third-order valence-corrected chi connectivity index (χ3v) is 5.63. The van der Waals surface area contributed by atoms with E-state index in [0.717, 1.165) is 18.0 Å². The monoisotopic (exact) mass is 304 g/mol. The first kappa shape index (κ1) is 13.5. The molecule has 1 fully saturated rings. The van der Waals surface area contributed by atoms with E-state index in [-0.39, 0.29) is 11.4 Å². The number of urea groups is 1.